The molecule has 108 valence electrons. The first-order chi connectivity index (χ1) is 9.41. The third-order valence-corrected chi connectivity index (χ3v) is 4.68. The standard InChI is InChI=1S/C12H13Cl2N3O2S/c1-2-20(18,19)16-9-6-15-17(7-9)8-10-11(13)4-3-5-12(10)14/h3-7,16H,2,8H2,1H3. The largest absolute Gasteiger partial charge is 0.280 e. The van der Waals surface area contributed by atoms with E-state index in [0.717, 1.165) is 5.56 Å². The minimum Gasteiger partial charge on any atom is -0.280 e. The molecule has 5 nitrogen and oxygen atoms in total. The van der Waals surface area contributed by atoms with Crippen molar-refractivity contribution in [3.63, 3.8) is 0 Å². The number of sulfonamides is 1. The summed E-state index contributed by atoms with van der Waals surface area (Å²) in [5.41, 5.74) is 1.15. The van der Waals surface area contributed by atoms with E-state index in [-0.39, 0.29) is 5.75 Å². The molecular formula is C12H13Cl2N3O2S. The maximum Gasteiger partial charge on any atom is 0.232 e. The lowest BCUT2D eigenvalue weighted by Crippen LogP contribution is -2.14. The van der Waals surface area contributed by atoms with Crippen molar-refractivity contribution in [1.29, 1.82) is 0 Å². The quantitative estimate of drug-likeness (QED) is 0.914. The van der Waals surface area contributed by atoms with Crippen LogP contribution in [0.1, 0.15) is 12.5 Å². The SMILES string of the molecule is CCS(=O)(=O)Nc1cnn(Cc2c(Cl)cccc2Cl)c1. The first-order valence-electron chi connectivity index (χ1n) is 5.87. The van der Waals surface area contributed by atoms with Crippen molar-refractivity contribution < 1.29 is 8.42 Å². The third-order valence-electron chi connectivity index (χ3n) is 2.67. The number of nitrogens with one attached hydrogen (secondary N) is 1. The third kappa shape index (κ3) is 3.65. The van der Waals surface area contributed by atoms with Crippen LogP contribution < -0.4 is 4.72 Å². The summed E-state index contributed by atoms with van der Waals surface area (Å²) in [6.07, 6.45) is 3.03. The van der Waals surface area contributed by atoms with E-state index in [1.807, 2.05) is 0 Å². The zero-order valence-electron chi connectivity index (χ0n) is 10.7. The second kappa shape index (κ2) is 6.03. The van der Waals surface area contributed by atoms with Gasteiger partial charge in [0.15, 0.2) is 0 Å². The predicted octanol–water partition coefficient (Wildman–Crippen LogP) is 3.00. The van der Waals surface area contributed by atoms with E-state index in [4.69, 9.17) is 23.2 Å². The van der Waals surface area contributed by atoms with Crippen molar-refractivity contribution in [3.8, 4) is 0 Å². The first-order valence-corrected chi connectivity index (χ1v) is 8.28. The molecule has 0 aliphatic rings. The molecule has 1 aromatic heterocycles. The van der Waals surface area contributed by atoms with Crippen LogP contribution >= 0.6 is 23.2 Å². The van der Waals surface area contributed by atoms with Gasteiger partial charge >= 0.3 is 0 Å². The normalized spacial score (nSPS) is 11.6. The molecule has 1 aromatic carbocycles. The highest BCUT2D eigenvalue weighted by atomic mass is 35.5. The van der Waals surface area contributed by atoms with Crippen LogP contribution in [0.4, 0.5) is 5.69 Å². The molecule has 0 bridgehead atoms. The molecule has 0 saturated carbocycles. The fourth-order valence-electron chi connectivity index (χ4n) is 1.60. The summed E-state index contributed by atoms with van der Waals surface area (Å²) in [4.78, 5) is 0. The Morgan fingerprint density at radius 2 is 1.95 bits per heavy atom. The van der Waals surface area contributed by atoms with Crippen LogP contribution in [0.2, 0.25) is 10.0 Å². The molecule has 2 aromatic rings. The minimum absolute atomic E-state index is 0.00845. The van der Waals surface area contributed by atoms with Gasteiger partial charge in [-0.3, -0.25) is 9.40 Å². The fourth-order valence-corrected chi connectivity index (χ4v) is 2.73. The minimum atomic E-state index is -3.30. The Kier molecular flexibility index (Phi) is 4.57. The first kappa shape index (κ1) is 15.2. The Bertz CT molecular complexity index is 693. The number of hydrogen-bond acceptors (Lipinski definition) is 3. The van der Waals surface area contributed by atoms with E-state index in [1.165, 1.54) is 6.20 Å². The van der Waals surface area contributed by atoms with Crippen LogP contribution in [0.25, 0.3) is 0 Å². The molecule has 0 aliphatic heterocycles. The molecular weight excluding hydrogens is 321 g/mol. The van der Waals surface area contributed by atoms with E-state index in [0.29, 0.717) is 22.3 Å². The Hall–Kier alpha value is -1.24. The van der Waals surface area contributed by atoms with E-state index in [1.54, 1.807) is 36.0 Å². The van der Waals surface area contributed by atoms with E-state index in [9.17, 15) is 8.42 Å². The topological polar surface area (TPSA) is 64.0 Å². The van der Waals surface area contributed by atoms with Gasteiger partial charge in [0.05, 0.1) is 24.2 Å². The maximum absolute atomic E-state index is 11.5. The molecule has 8 heteroatoms. The number of hydrogen-bond donors (Lipinski definition) is 1. The van der Waals surface area contributed by atoms with E-state index < -0.39 is 10.0 Å². The van der Waals surface area contributed by atoms with Gasteiger partial charge in [-0.2, -0.15) is 5.10 Å². The van der Waals surface area contributed by atoms with Crippen LogP contribution in [0, 0.1) is 0 Å². The van der Waals surface area contributed by atoms with Gasteiger partial charge in [-0.1, -0.05) is 29.3 Å². The van der Waals surface area contributed by atoms with Gasteiger partial charge in [0, 0.05) is 21.8 Å². The highest BCUT2D eigenvalue weighted by molar-refractivity contribution is 7.92. The molecule has 1 heterocycles. The maximum atomic E-state index is 11.5. The number of aromatic nitrogens is 2. The zero-order chi connectivity index (χ0) is 14.8. The number of halogens is 2. The van der Waals surface area contributed by atoms with Gasteiger partial charge in [-0.15, -0.1) is 0 Å². The Balaban J connectivity index is 2.18. The number of rotatable bonds is 5. The summed E-state index contributed by atoms with van der Waals surface area (Å²) < 4.78 is 26.9. The molecule has 0 radical (unpaired) electrons. The zero-order valence-corrected chi connectivity index (χ0v) is 13.0. The molecule has 1 N–H and O–H groups in total. The molecule has 0 aliphatic carbocycles. The molecule has 0 atom stereocenters. The lowest BCUT2D eigenvalue weighted by atomic mass is 10.2. The van der Waals surface area contributed by atoms with Crippen molar-refractivity contribution >= 4 is 38.9 Å². The monoisotopic (exact) mass is 333 g/mol. The molecule has 2 rings (SSSR count). The van der Waals surface area contributed by atoms with Crippen molar-refractivity contribution in [2.24, 2.45) is 0 Å². The van der Waals surface area contributed by atoms with E-state index in [2.05, 4.69) is 9.82 Å². The summed E-state index contributed by atoms with van der Waals surface area (Å²) >= 11 is 12.2. The van der Waals surface area contributed by atoms with Crippen molar-refractivity contribution in [1.82, 2.24) is 9.78 Å². The highest BCUT2D eigenvalue weighted by Crippen LogP contribution is 2.25. The van der Waals surface area contributed by atoms with Crippen LogP contribution in [0.5, 0.6) is 0 Å². The molecule has 20 heavy (non-hydrogen) atoms. The fraction of sp³-hybridized carbons (Fsp3) is 0.250. The number of nitrogens with zero attached hydrogens (tertiary/aromatic N) is 2. The Morgan fingerprint density at radius 3 is 2.55 bits per heavy atom. The average Bonchev–Trinajstić information content (AvgIpc) is 2.81. The smallest absolute Gasteiger partial charge is 0.232 e. The van der Waals surface area contributed by atoms with Crippen LogP contribution in [0.3, 0.4) is 0 Å². The summed E-state index contributed by atoms with van der Waals surface area (Å²) in [6.45, 7) is 1.93. The van der Waals surface area contributed by atoms with Crippen molar-refractivity contribution in [2.75, 3.05) is 10.5 Å². The average molecular weight is 334 g/mol. The van der Waals surface area contributed by atoms with Gasteiger partial charge in [-0.05, 0) is 19.1 Å². The van der Waals surface area contributed by atoms with Gasteiger partial charge in [0.1, 0.15) is 0 Å². The van der Waals surface area contributed by atoms with Gasteiger partial charge in [0.2, 0.25) is 10.0 Å². The van der Waals surface area contributed by atoms with Gasteiger partial charge in [0.25, 0.3) is 0 Å². The molecule has 0 amide bonds. The summed E-state index contributed by atoms with van der Waals surface area (Å²) in [7, 11) is -3.30. The van der Waals surface area contributed by atoms with Crippen molar-refractivity contribution in [3.05, 3.63) is 46.2 Å². The summed E-state index contributed by atoms with van der Waals surface area (Å²) in [5, 5.41) is 5.17. The Morgan fingerprint density at radius 1 is 1.30 bits per heavy atom. The lowest BCUT2D eigenvalue weighted by molar-refractivity contribution is 0.602. The van der Waals surface area contributed by atoms with Crippen LogP contribution in [-0.4, -0.2) is 24.0 Å². The lowest BCUT2D eigenvalue weighted by Gasteiger charge is -2.06. The van der Waals surface area contributed by atoms with Gasteiger partial charge < -0.3 is 0 Å². The van der Waals surface area contributed by atoms with Crippen LogP contribution in [-0.2, 0) is 16.6 Å². The second-order valence-corrected chi connectivity index (χ2v) is 6.96. The number of anilines is 1. The highest BCUT2D eigenvalue weighted by Gasteiger charge is 2.10. The molecule has 0 unspecified atom stereocenters. The van der Waals surface area contributed by atoms with Crippen molar-refractivity contribution in [2.45, 2.75) is 13.5 Å². The van der Waals surface area contributed by atoms with Gasteiger partial charge in [-0.25, -0.2) is 8.42 Å². The van der Waals surface area contributed by atoms with E-state index >= 15 is 0 Å². The second-order valence-electron chi connectivity index (χ2n) is 4.13. The Labute approximate surface area is 127 Å². The summed E-state index contributed by atoms with van der Waals surface area (Å²) in [5.74, 6) is 0.00845. The van der Waals surface area contributed by atoms with Crippen LogP contribution in [0.15, 0.2) is 30.6 Å². The molecule has 0 fully saturated rings. The predicted molar refractivity (Wildman–Crippen MR) is 80.9 cm³/mol. The number of benzene rings is 1. The summed E-state index contributed by atoms with van der Waals surface area (Å²) in [6, 6.07) is 5.25. The molecule has 0 saturated heterocycles. The molecule has 0 spiro atoms.